The number of carbonyl (C=O) groups excluding carboxylic acids is 2. The molecule has 0 unspecified atom stereocenters. The normalized spacial score (nSPS) is 17.8. The van der Waals surface area contributed by atoms with Crippen molar-refractivity contribution in [1.82, 2.24) is 14.6 Å². The maximum atomic E-state index is 12.3. The van der Waals surface area contributed by atoms with Crippen LogP contribution < -0.4 is 5.32 Å². The Morgan fingerprint density at radius 3 is 2.52 bits per heavy atom. The second-order valence-electron chi connectivity index (χ2n) is 6.86. The van der Waals surface area contributed by atoms with Crippen molar-refractivity contribution in [1.29, 1.82) is 0 Å². The van der Waals surface area contributed by atoms with Crippen LogP contribution in [0.2, 0.25) is 0 Å². The minimum absolute atomic E-state index is 0.00310. The first-order valence-corrected chi connectivity index (χ1v) is 11.3. The molecule has 9 nitrogen and oxygen atoms in total. The van der Waals surface area contributed by atoms with Gasteiger partial charge in [-0.3, -0.25) is 9.59 Å². The predicted molar refractivity (Wildman–Crippen MR) is 108 cm³/mol. The second kappa shape index (κ2) is 9.95. The smallest absolute Gasteiger partial charge is 0.243 e. The van der Waals surface area contributed by atoms with Crippen molar-refractivity contribution < 1.29 is 22.7 Å². The SMILES string of the molecule is O=C(CCC(=O)N1CCC(c2ccccc2)=N1)NCCS(=O)(=O)N1CCOCC1. The van der Waals surface area contributed by atoms with Gasteiger partial charge >= 0.3 is 0 Å². The fourth-order valence-corrected chi connectivity index (χ4v) is 4.51. The van der Waals surface area contributed by atoms with Gasteiger partial charge in [-0.05, 0) is 5.56 Å². The third kappa shape index (κ3) is 6.09. The number of sulfonamides is 1. The number of amides is 2. The van der Waals surface area contributed by atoms with Crippen LogP contribution in [0.25, 0.3) is 0 Å². The van der Waals surface area contributed by atoms with Crippen molar-refractivity contribution in [2.75, 3.05) is 45.1 Å². The van der Waals surface area contributed by atoms with Crippen molar-refractivity contribution in [3.8, 4) is 0 Å². The molecule has 0 bridgehead atoms. The summed E-state index contributed by atoms with van der Waals surface area (Å²) >= 11 is 0. The van der Waals surface area contributed by atoms with Crippen LogP contribution in [0.4, 0.5) is 0 Å². The van der Waals surface area contributed by atoms with E-state index < -0.39 is 10.0 Å². The number of hydrogen-bond donors (Lipinski definition) is 1. The lowest BCUT2D eigenvalue weighted by molar-refractivity contribution is -0.133. The molecular formula is C19H26N4O5S. The van der Waals surface area contributed by atoms with Crippen molar-refractivity contribution in [2.24, 2.45) is 5.10 Å². The lowest BCUT2D eigenvalue weighted by Gasteiger charge is -2.26. The van der Waals surface area contributed by atoms with E-state index >= 15 is 0 Å². The quantitative estimate of drug-likeness (QED) is 0.643. The van der Waals surface area contributed by atoms with Gasteiger partial charge < -0.3 is 10.1 Å². The van der Waals surface area contributed by atoms with E-state index in [1.54, 1.807) is 0 Å². The molecule has 0 atom stereocenters. The highest BCUT2D eigenvalue weighted by atomic mass is 32.2. The molecule has 1 aromatic rings. The van der Waals surface area contributed by atoms with Gasteiger partial charge in [0.25, 0.3) is 0 Å². The summed E-state index contributed by atoms with van der Waals surface area (Å²) < 4.78 is 30.9. The number of morpholine rings is 1. The first kappa shape index (κ1) is 21.4. The molecule has 158 valence electrons. The zero-order valence-electron chi connectivity index (χ0n) is 16.2. The summed E-state index contributed by atoms with van der Waals surface area (Å²) in [7, 11) is -3.41. The molecule has 0 saturated carbocycles. The van der Waals surface area contributed by atoms with E-state index in [9.17, 15) is 18.0 Å². The maximum absolute atomic E-state index is 12.3. The predicted octanol–water partition coefficient (Wildman–Crippen LogP) is 0.181. The minimum atomic E-state index is -3.41. The number of hydrazone groups is 1. The summed E-state index contributed by atoms with van der Waals surface area (Å²) in [6.07, 6.45) is 0.720. The Labute approximate surface area is 170 Å². The molecule has 1 aromatic carbocycles. The molecule has 2 aliphatic rings. The Hall–Kier alpha value is -2.30. The fraction of sp³-hybridized carbons (Fsp3) is 0.526. The molecule has 0 spiro atoms. The topological polar surface area (TPSA) is 108 Å². The summed E-state index contributed by atoms with van der Waals surface area (Å²) in [6, 6.07) is 9.67. The summed E-state index contributed by atoms with van der Waals surface area (Å²) in [5.41, 5.74) is 1.85. The van der Waals surface area contributed by atoms with E-state index in [4.69, 9.17) is 4.74 Å². The third-order valence-corrected chi connectivity index (χ3v) is 6.68. The molecule has 29 heavy (non-hydrogen) atoms. The lowest BCUT2D eigenvalue weighted by Crippen LogP contribution is -2.43. The molecular weight excluding hydrogens is 396 g/mol. The third-order valence-electron chi connectivity index (χ3n) is 4.81. The Morgan fingerprint density at radius 2 is 1.79 bits per heavy atom. The van der Waals surface area contributed by atoms with Crippen LogP contribution in [0.3, 0.4) is 0 Å². The number of carbonyl (C=O) groups is 2. The van der Waals surface area contributed by atoms with Gasteiger partial charge in [-0.1, -0.05) is 30.3 Å². The number of nitrogens with one attached hydrogen (secondary N) is 1. The van der Waals surface area contributed by atoms with E-state index in [0.717, 1.165) is 11.3 Å². The highest BCUT2D eigenvalue weighted by Crippen LogP contribution is 2.15. The van der Waals surface area contributed by atoms with Crippen molar-refractivity contribution in [3.63, 3.8) is 0 Å². The monoisotopic (exact) mass is 422 g/mol. The Morgan fingerprint density at radius 1 is 1.07 bits per heavy atom. The van der Waals surface area contributed by atoms with Gasteiger partial charge in [-0.2, -0.15) is 9.41 Å². The number of ether oxygens (including phenoxy) is 1. The molecule has 1 saturated heterocycles. The van der Waals surface area contributed by atoms with Crippen LogP contribution in [-0.4, -0.2) is 80.4 Å². The average Bonchev–Trinajstić information content (AvgIpc) is 3.24. The molecule has 10 heteroatoms. The van der Waals surface area contributed by atoms with E-state index in [1.807, 2.05) is 30.3 Å². The van der Waals surface area contributed by atoms with Crippen molar-refractivity contribution in [2.45, 2.75) is 19.3 Å². The molecule has 1 fully saturated rings. The summed E-state index contributed by atoms with van der Waals surface area (Å²) in [5.74, 6) is -0.724. The van der Waals surface area contributed by atoms with Gasteiger partial charge in [0.15, 0.2) is 0 Å². The molecule has 0 aliphatic carbocycles. The Kier molecular flexibility index (Phi) is 7.34. The lowest BCUT2D eigenvalue weighted by atomic mass is 10.1. The van der Waals surface area contributed by atoms with Crippen LogP contribution in [-0.2, 0) is 24.3 Å². The molecule has 0 radical (unpaired) electrons. The Bertz CT molecular complexity index is 851. The highest BCUT2D eigenvalue weighted by Gasteiger charge is 2.24. The minimum Gasteiger partial charge on any atom is -0.379 e. The average molecular weight is 423 g/mol. The summed E-state index contributed by atoms with van der Waals surface area (Å²) in [6.45, 7) is 1.98. The number of nitrogens with zero attached hydrogens (tertiary/aromatic N) is 3. The maximum Gasteiger partial charge on any atom is 0.243 e. The first-order valence-electron chi connectivity index (χ1n) is 9.71. The Balaban J connectivity index is 1.38. The fourth-order valence-electron chi connectivity index (χ4n) is 3.18. The van der Waals surface area contributed by atoms with Gasteiger partial charge in [0.05, 0.1) is 31.2 Å². The first-order chi connectivity index (χ1) is 14.0. The van der Waals surface area contributed by atoms with Gasteiger partial charge in [0, 0.05) is 38.9 Å². The number of hydrogen-bond acceptors (Lipinski definition) is 6. The van der Waals surface area contributed by atoms with Crippen molar-refractivity contribution in [3.05, 3.63) is 35.9 Å². The van der Waals surface area contributed by atoms with Gasteiger partial charge in [-0.15, -0.1) is 0 Å². The molecule has 0 aromatic heterocycles. The van der Waals surface area contributed by atoms with Crippen LogP contribution in [0, 0.1) is 0 Å². The number of rotatable bonds is 8. The molecule has 2 amide bonds. The summed E-state index contributed by atoms with van der Waals surface area (Å²) in [4.78, 5) is 24.3. The zero-order chi connectivity index (χ0) is 20.7. The van der Waals surface area contributed by atoms with Crippen LogP contribution >= 0.6 is 0 Å². The molecule has 3 rings (SSSR count). The standard InChI is InChI=1S/C19H26N4O5S/c24-18(20-9-15-29(26,27)22-11-13-28-14-12-22)6-7-19(25)23-10-8-17(21-23)16-4-2-1-3-5-16/h1-5H,6-15H2,(H,20,24). The molecule has 1 N–H and O–H groups in total. The van der Waals surface area contributed by atoms with E-state index in [0.29, 0.717) is 39.3 Å². The van der Waals surface area contributed by atoms with Gasteiger partial charge in [-0.25, -0.2) is 13.4 Å². The van der Waals surface area contributed by atoms with Crippen LogP contribution in [0.5, 0.6) is 0 Å². The highest BCUT2D eigenvalue weighted by molar-refractivity contribution is 7.89. The van der Waals surface area contributed by atoms with Gasteiger partial charge in [0.1, 0.15) is 0 Å². The zero-order valence-corrected chi connectivity index (χ0v) is 17.1. The van der Waals surface area contributed by atoms with E-state index in [-0.39, 0.29) is 37.0 Å². The van der Waals surface area contributed by atoms with Crippen molar-refractivity contribution >= 4 is 27.5 Å². The largest absolute Gasteiger partial charge is 0.379 e. The van der Waals surface area contributed by atoms with Crippen LogP contribution in [0.1, 0.15) is 24.8 Å². The van der Waals surface area contributed by atoms with E-state index in [2.05, 4.69) is 10.4 Å². The van der Waals surface area contributed by atoms with Crippen LogP contribution in [0.15, 0.2) is 35.4 Å². The summed E-state index contributed by atoms with van der Waals surface area (Å²) in [5, 5.41) is 8.33. The van der Waals surface area contributed by atoms with E-state index in [1.165, 1.54) is 9.31 Å². The molecule has 2 aliphatic heterocycles. The molecule has 2 heterocycles. The number of benzene rings is 1. The van der Waals surface area contributed by atoms with Gasteiger partial charge in [0.2, 0.25) is 21.8 Å². The second-order valence-corrected chi connectivity index (χ2v) is 8.95.